The number of aliphatic carboxylic acids is 1. The van der Waals surface area contributed by atoms with Crippen molar-refractivity contribution in [2.45, 2.75) is 24.8 Å². The first-order valence-electron chi connectivity index (χ1n) is 6.81. The van der Waals surface area contributed by atoms with Gasteiger partial charge in [-0.2, -0.15) is 0 Å². The Labute approximate surface area is 122 Å². The molecule has 0 spiro atoms. The summed E-state index contributed by atoms with van der Waals surface area (Å²) in [7, 11) is 1.56. The molecule has 1 atom stereocenters. The summed E-state index contributed by atoms with van der Waals surface area (Å²) in [6, 6.07) is 5.54. The van der Waals surface area contributed by atoms with Crippen LogP contribution in [0.1, 0.15) is 24.0 Å². The number of hydrogen-bond donors (Lipinski definition) is 2. The first-order chi connectivity index (χ1) is 10.1. The van der Waals surface area contributed by atoms with Gasteiger partial charge in [0.05, 0.1) is 7.11 Å². The number of nitrogens with zero attached hydrogens (tertiary/aromatic N) is 3. The summed E-state index contributed by atoms with van der Waals surface area (Å²) in [6.07, 6.45) is 2.14. The summed E-state index contributed by atoms with van der Waals surface area (Å²) < 4.78 is 5.21. The van der Waals surface area contributed by atoms with E-state index in [-0.39, 0.29) is 6.54 Å². The molecule has 2 rings (SSSR count). The molecule has 1 unspecified atom stereocenters. The third-order valence-corrected chi connectivity index (χ3v) is 3.84. The molecule has 7 heteroatoms. The van der Waals surface area contributed by atoms with Crippen LogP contribution < -0.4 is 10.1 Å². The molecule has 1 aliphatic rings. The molecule has 1 aromatic carbocycles. The van der Waals surface area contributed by atoms with E-state index in [0.717, 1.165) is 24.0 Å². The summed E-state index contributed by atoms with van der Waals surface area (Å²) in [5.41, 5.74) is 8.91. The second kappa shape index (κ2) is 6.47. The van der Waals surface area contributed by atoms with Crippen molar-refractivity contribution in [3.05, 3.63) is 39.8 Å². The zero-order valence-corrected chi connectivity index (χ0v) is 11.9. The van der Waals surface area contributed by atoms with Gasteiger partial charge >= 0.3 is 5.97 Å². The van der Waals surface area contributed by atoms with Gasteiger partial charge in [0.15, 0.2) is 0 Å². The first-order valence-corrected chi connectivity index (χ1v) is 6.81. The Morgan fingerprint density at radius 1 is 1.62 bits per heavy atom. The zero-order chi connectivity index (χ0) is 15.3. The number of carbonyl (C=O) groups is 1. The Bertz CT molecular complexity index is 584. The monoisotopic (exact) mass is 290 g/mol. The van der Waals surface area contributed by atoms with Gasteiger partial charge in [-0.3, -0.25) is 5.32 Å². The number of fused-ring (bicyclic) bond motifs is 1. The van der Waals surface area contributed by atoms with Crippen LogP contribution in [-0.2, 0) is 16.8 Å². The summed E-state index contributed by atoms with van der Waals surface area (Å²) >= 11 is 0. The number of ether oxygens (including phenoxy) is 1. The highest BCUT2D eigenvalue weighted by Gasteiger charge is 2.43. The van der Waals surface area contributed by atoms with Crippen molar-refractivity contribution in [2.24, 2.45) is 5.11 Å². The second-order valence-corrected chi connectivity index (χ2v) is 4.97. The highest BCUT2D eigenvalue weighted by atomic mass is 16.5. The average Bonchev–Trinajstić information content (AvgIpc) is 2.51. The average molecular weight is 290 g/mol. The lowest BCUT2D eigenvalue weighted by Gasteiger charge is -2.36. The molecule has 1 aromatic rings. The molecule has 0 aromatic heterocycles. The van der Waals surface area contributed by atoms with E-state index in [2.05, 4.69) is 15.3 Å². The van der Waals surface area contributed by atoms with E-state index in [9.17, 15) is 9.90 Å². The van der Waals surface area contributed by atoms with E-state index >= 15 is 0 Å². The number of aryl methyl sites for hydroxylation is 1. The van der Waals surface area contributed by atoms with Crippen LogP contribution in [0.2, 0.25) is 0 Å². The number of benzene rings is 1. The van der Waals surface area contributed by atoms with Gasteiger partial charge < -0.3 is 9.84 Å². The lowest BCUT2D eigenvalue weighted by atomic mass is 9.76. The molecule has 2 N–H and O–H groups in total. The van der Waals surface area contributed by atoms with Crippen molar-refractivity contribution in [1.29, 1.82) is 0 Å². The molecule has 0 fully saturated rings. The van der Waals surface area contributed by atoms with Crippen molar-refractivity contribution in [1.82, 2.24) is 5.32 Å². The van der Waals surface area contributed by atoms with Crippen LogP contribution in [0.25, 0.3) is 10.4 Å². The van der Waals surface area contributed by atoms with Crippen molar-refractivity contribution >= 4 is 5.97 Å². The van der Waals surface area contributed by atoms with Crippen LogP contribution in [0.4, 0.5) is 0 Å². The Hall–Kier alpha value is -2.24. The Morgan fingerprint density at radius 3 is 3.10 bits per heavy atom. The lowest BCUT2D eigenvalue weighted by Crippen LogP contribution is -2.52. The molecule has 0 saturated carbocycles. The number of methoxy groups -OCH3 is 1. The molecule has 112 valence electrons. The van der Waals surface area contributed by atoms with Crippen LogP contribution >= 0.6 is 0 Å². The highest BCUT2D eigenvalue weighted by Crippen LogP contribution is 2.37. The van der Waals surface area contributed by atoms with Crippen LogP contribution in [0.15, 0.2) is 23.3 Å². The molecule has 0 amide bonds. The van der Waals surface area contributed by atoms with E-state index in [0.29, 0.717) is 18.7 Å². The van der Waals surface area contributed by atoms with Gasteiger partial charge in [0.25, 0.3) is 0 Å². The number of carboxylic acids is 1. The maximum absolute atomic E-state index is 11.9. The van der Waals surface area contributed by atoms with E-state index in [1.165, 1.54) is 0 Å². The predicted octanol–water partition coefficient (Wildman–Crippen LogP) is 2.21. The second-order valence-electron chi connectivity index (χ2n) is 4.97. The van der Waals surface area contributed by atoms with Crippen LogP contribution in [0, 0.1) is 0 Å². The van der Waals surface area contributed by atoms with Crippen molar-refractivity contribution in [3.8, 4) is 5.75 Å². The van der Waals surface area contributed by atoms with Gasteiger partial charge in [0, 0.05) is 18.0 Å². The molecule has 1 aliphatic carbocycles. The largest absolute Gasteiger partial charge is 0.497 e. The maximum Gasteiger partial charge on any atom is 0.328 e. The van der Waals surface area contributed by atoms with E-state index in [1.807, 2.05) is 12.1 Å². The normalized spacial score (nSPS) is 20.2. The molecule has 0 radical (unpaired) electrons. The third-order valence-electron chi connectivity index (χ3n) is 3.84. The molecule has 21 heavy (non-hydrogen) atoms. The first kappa shape index (κ1) is 15.2. The number of nitrogens with one attached hydrogen (secondary N) is 1. The van der Waals surface area contributed by atoms with Gasteiger partial charge in [-0.1, -0.05) is 11.2 Å². The van der Waals surface area contributed by atoms with Gasteiger partial charge in [-0.05, 0) is 48.1 Å². The van der Waals surface area contributed by atoms with Gasteiger partial charge in [0.1, 0.15) is 11.3 Å². The van der Waals surface area contributed by atoms with Crippen molar-refractivity contribution < 1.29 is 14.6 Å². The van der Waals surface area contributed by atoms with E-state index in [4.69, 9.17) is 10.3 Å². The van der Waals surface area contributed by atoms with Crippen molar-refractivity contribution in [2.75, 3.05) is 20.2 Å². The van der Waals surface area contributed by atoms with E-state index in [1.54, 1.807) is 13.2 Å². The number of carboxylic acid groups (broad SMARTS) is 1. The van der Waals surface area contributed by atoms with Crippen LogP contribution in [0.5, 0.6) is 5.75 Å². The maximum atomic E-state index is 11.9. The Morgan fingerprint density at radius 2 is 2.43 bits per heavy atom. The minimum Gasteiger partial charge on any atom is -0.497 e. The van der Waals surface area contributed by atoms with Gasteiger partial charge in [-0.15, -0.1) is 0 Å². The molecule has 7 nitrogen and oxygen atoms in total. The fourth-order valence-corrected chi connectivity index (χ4v) is 2.82. The smallest absolute Gasteiger partial charge is 0.328 e. The zero-order valence-electron chi connectivity index (χ0n) is 11.9. The fraction of sp³-hybridized carbons (Fsp3) is 0.500. The standard InChI is InChI=1S/C14H18N4O3/c1-21-11-5-4-10-3-2-6-14(13(19)20,12(10)9-11)16-7-8-17-18-15/h4-5,9,16H,2-3,6-8H2,1H3,(H,19,20). The molecular weight excluding hydrogens is 272 g/mol. The highest BCUT2D eigenvalue weighted by molar-refractivity contribution is 5.82. The lowest BCUT2D eigenvalue weighted by molar-refractivity contribution is -0.146. The summed E-state index contributed by atoms with van der Waals surface area (Å²) in [5.74, 6) is -0.282. The van der Waals surface area contributed by atoms with Crippen LogP contribution in [0.3, 0.4) is 0 Å². The third kappa shape index (κ3) is 2.94. The summed E-state index contributed by atoms with van der Waals surface area (Å²) in [4.78, 5) is 14.6. The molecule has 0 saturated heterocycles. The number of rotatable bonds is 6. The molecule has 0 heterocycles. The SMILES string of the molecule is COc1ccc2c(c1)C(NCCN=[N+]=[N-])(C(=O)O)CCC2. The quantitative estimate of drug-likeness (QED) is 0.362. The summed E-state index contributed by atoms with van der Waals surface area (Å²) in [6.45, 7) is 0.526. The predicted molar refractivity (Wildman–Crippen MR) is 77.3 cm³/mol. The minimum atomic E-state index is -1.15. The van der Waals surface area contributed by atoms with Gasteiger partial charge in [-0.25, -0.2) is 4.79 Å². The summed E-state index contributed by atoms with van der Waals surface area (Å²) in [5, 5.41) is 16.2. The Balaban J connectivity index is 2.38. The molecule has 0 aliphatic heterocycles. The Kier molecular flexibility index (Phi) is 4.67. The van der Waals surface area contributed by atoms with E-state index < -0.39 is 11.5 Å². The molecule has 0 bridgehead atoms. The van der Waals surface area contributed by atoms with Gasteiger partial charge in [0.2, 0.25) is 0 Å². The van der Waals surface area contributed by atoms with Crippen molar-refractivity contribution in [3.63, 3.8) is 0 Å². The number of azide groups is 1. The van der Waals surface area contributed by atoms with Crippen LogP contribution in [-0.4, -0.2) is 31.3 Å². The minimum absolute atomic E-state index is 0.213. The topological polar surface area (TPSA) is 107 Å². The number of hydrogen-bond acceptors (Lipinski definition) is 4. The molecular formula is C14H18N4O3. The fourth-order valence-electron chi connectivity index (χ4n) is 2.82.